The van der Waals surface area contributed by atoms with Crippen LogP contribution >= 0.6 is 12.4 Å². The average molecular weight is 298 g/mol. The van der Waals surface area contributed by atoms with Crippen LogP contribution in [0.4, 0.5) is 0 Å². The van der Waals surface area contributed by atoms with E-state index in [-0.39, 0.29) is 23.9 Å². The van der Waals surface area contributed by atoms with Crippen LogP contribution in [-0.4, -0.2) is 30.0 Å². The maximum absolute atomic E-state index is 12.1. The third-order valence-corrected chi connectivity index (χ3v) is 3.97. The second kappa shape index (κ2) is 8.22. The van der Waals surface area contributed by atoms with Gasteiger partial charge in [0.1, 0.15) is 0 Å². The van der Waals surface area contributed by atoms with Gasteiger partial charge in [-0.1, -0.05) is 0 Å². The van der Waals surface area contributed by atoms with Crippen LogP contribution in [0.1, 0.15) is 37.7 Å². The number of piperidine rings is 1. The first-order valence-electron chi connectivity index (χ1n) is 7.13. The Hall–Kier alpha value is -1.13. The molecule has 20 heavy (non-hydrogen) atoms. The number of amides is 1. The maximum Gasteiger partial charge on any atom is 0.240 e. The lowest BCUT2D eigenvalue weighted by Crippen LogP contribution is -2.58. The van der Waals surface area contributed by atoms with E-state index >= 15 is 0 Å². The standard InChI is InChI=1S/C15H23N3O.ClH/c1-16-14(19)15(8-2-3-10-18-15)9-4-5-13-6-11-17-12-7-13;/h6-7,11-12,18H,2-5,8-10H2,1H3,(H,16,19);1H. The van der Waals surface area contributed by atoms with Gasteiger partial charge in [0, 0.05) is 19.4 Å². The Labute approximate surface area is 127 Å². The van der Waals surface area contributed by atoms with Crippen LogP contribution in [0, 0.1) is 0 Å². The van der Waals surface area contributed by atoms with Crippen LogP contribution in [0.5, 0.6) is 0 Å². The van der Waals surface area contributed by atoms with Crippen molar-refractivity contribution in [1.82, 2.24) is 15.6 Å². The zero-order valence-electron chi connectivity index (χ0n) is 12.0. The molecular formula is C15H24ClN3O. The Morgan fingerprint density at radius 3 is 2.75 bits per heavy atom. The third kappa shape index (κ3) is 4.18. The number of likely N-dealkylation sites (N-methyl/N-ethyl adjacent to an activating group) is 1. The van der Waals surface area contributed by atoms with Crippen molar-refractivity contribution in [1.29, 1.82) is 0 Å². The van der Waals surface area contributed by atoms with Crippen LogP contribution in [0.25, 0.3) is 0 Å². The number of hydrogen-bond donors (Lipinski definition) is 2. The Bertz CT molecular complexity index is 405. The molecule has 4 nitrogen and oxygen atoms in total. The Morgan fingerprint density at radius 2 is 2.15 bits per heavy atom. The molecule has 1 aromatic rings. The van der Waals surface area contributed by atoms with E-state index in [1.165, 1.54) is 12.0 Å². The summed E-state index contributed by atoms with van der Waals surface area (Å²) in [5.41, 5.74) is 0.942. The third-order valence-electron chi connectivity index (χ3n) is 3.97. The van der Waals surface area contributed by atoms with E-state index in [1.54, 1.807) is 7.05 Å². The quantitative estimate of drug-likeness (QED) is 0.875. The molecule has 2 heterocycles. The number of nitrogens with zero attached hydrogens (tertiary/aromatic N) is 1. The van der Waals surface area contributed by atoms with Gasteiger partial charge in [-0.05, 0) is 62.8 Å². The minimum absolute atomic E-state index is 0. The first-order valence-corrected chi connectivity index (χ1v) is 7.13. The second-order valence-corrected chi connectivity index (χ2v) is 5.25. The van der Waals surface area contributed by atoms with Crippen LogP contribution in [-0.2, 0) is 11.2 Å². The molecule has 1 amide bonds. The van der Waals surface area contributed by atoms with Gasteiger partial charge in [0.05, 0.1) is 5.54 Å². The molecule has 2 N–H and O–H groups in total. The van der Waals surface area contributed by atoms with Gasteiger partial charge in [-0.2, -0.15) is 0 Å². The summed E-state index contributed by atoms with van der Waals surface area (Å²) in [5, 5.41) is 6.26. The average Bonchev–Trinajstić information content (AvgIpc) is 2.48. The SMILES string of the molecule is CNC(=O)C1(CCCc2ccncc2)CCCCN1.Cl. The zero-order chi connectivity index (χ0) is 13.6. The molecule has 0 aromatic carbocycles. The molecule has 2 rings (SSSR count). The Balaban J connectivity index is 0.00000200. The van der Waals surface area contributed by atoms with E-state index in [1.807, 2.05) is 24.5 Å². The van der Waals surface area contributed by atoms with Crippen molar-refractivity contribution in [3.63, 3.8) is 0 Å². The number of pyridine rings is 1. The van der Waals surface area contributed by atoms with Gasteiger partial charge in [-0.15, -0.1) is 12.4 Å². The van der Waals surface area contributed by atoms with Crippen molar-refractivity contribution in [3.8, 4) is 0 Å². The summed E-state index contributed by atoms with van der Waals surface area (Å²) in [6.45, 7) is 0.947. The summed E-state index contributed by atoms with van der Waals surface area (Å²) in [5.74, 6) is 0.141. The first kappa shape index (κ1) is 16.9. The number of aryl methyl sites for hydroxylation is 1. The van der Waals surface area contributed by atoms with Gasteiger partial charge in [-0.3, -0.25) is 9.78 Å². The highest BCUT2D eigenvalue weighted by Gasteiger charge is 2.37. The molecule has 1 aromatic heterocycles. The summed E-state index contributed by atoms with van der Waals surface area (Å²) in [4.78, 5) is 16.2. The number of aromatic nitrogens is 1. The van der Waals surface area contributed by atoms with E-state index in [0.717, 1.165) is 38.6 Å². The van der Waals surface area contributed by atoms with Crippen LogP contribution in [0.15, 0.2) is 24.5 Å². The molecule has 1 aliphatic heterocycles. The molecule has 0 spiro atoms. The molecule has 1 saturated heterocycles. The van der Waals surface area contributed by atoms with Gasteiger partial charge in [0.25, 0.3) is 0 Å². The lowest BCUT2D eigenvalue weighted by Gasteiger charge is -2.36. The smallest absolute Gasteiger partial charge is 0.240 e. The van der Waals surface area contributed by atoms with Crippen molar-refractivity contribution in [2.24, 2.45) is 0 Å². The molecule has 1 fully saturated rings. The zero-order valence-corrected chi connectivity index (χ0v) is 12.8. The van der Waals surface area contributed by atoms with Crippen molar-refractivity contribution >= 4 is 18.3 Å². The fraction of sp³-hybridized carbons (Fsp3) is 0.600. The largest absolute Gasteiger partial charge is 0.358 e. The maximum atomic E-state index is 12.1. The lowest BCUT2D eigenvalue weighted by atomic mass is 9.83. The minimum atomic E-state index is -0.347. The van der Waals surface area contributed by atoms with Gasteiger partial charge in [-0.25, -0.2) is 0 Å². The number of rotatable bonds is 5. The topological polar surface area (TPSA) is 54.0 Å². The molecule has 0 radical (unpaired) electrons. The lowest BCUT2D eigenvalue weighted by molar-refractivity contribution is -0.128. The molecule has 0 saturated carbocycles. The molecule has 112 valence electrons. The van der Waals surface area contributed by atoms with Gasteiger partial charge in [0.15, 0.2) is 0 Å². The molecule has 1 atom stereocenters. The predicted molar refractivity (Wildman–Crippen MR) is 83.1 cm³/mol. The monoisotopic (exact) mass is 297 g/mol. The van der Waals surface area contributed by atoms with Crippen LogP contribution in [0.3, 0.4) is 0 Å². The van der Waals surface area contributed by atoms with Crippen LogP contribution < -0.4 is 10.6 Å². The summed E-state index contributed by atoms with van der Waals surface area (Å²) >= 11 is 0. The van der Waals surface area contributed by atoms with Crippen molar-refractivity contribution in [2.45, 2.75) is 44.1 Å². The van der Waals surface area contributed by atoms with E-state index in [0.29, 0.717) is 0 Å². The molecular weight excluding hydrogens is 274 g/mol. The fourth-order valence-corrected chi connectivity index (χ4v) is 2.87. The summed E-state index contributed by atoms with van der Waals surface area (Å²) in [6, 6.07) is 4.09. The van der Waals surface area contributed by atoms with Crippen LogP contribution in [0.2, 0.25) is 0 Å². The predicted octanol–water partition coefficient (Wildman–Crippen LogP) is 2.08. The minimum Gasteiger partial charge on any atom is -0.358 e. The Kier molecular flexibility index (Phi) is 6.96. The fourth-order valence-electron chi connectivity index (χ4n) is 2.87. The van der Waals surface area contributed by atoms with Crippen molar-refractivity contribution in [3.05, 3.63) is 30.1 Å². The molecule has 5 heteroatoms. The van der Waals surface area contributed by atoms with Crippen molar-refractivity contribution in [2.75, 3.05) is 13.6 Å². The van der Waals surface area contributed by atoms with Crippen molar-refractivity contribution < 1.29 is 4.79 Å². The number of carbonyl (C=O) groups excluding carboxylic acids is 1. The van der Waals surface area contributed by atoms with Gasteiger partial charge < -0.3 is 10.6 Å². The number of halogens is 1. The highest BCUT2D eigenvalue weighted by molar-refractivity contribution is 5.86. The first-order chi connectivity index (χ1) is 9.27. The second-order valence-electron chi connectivity index (χ2n) is 5.25. The highest BCUT2D eigenvalue weighted by atomic mass is 35.5. The van der Waals surface area contributed by atoms with Gasteiger partial charge in [0.2, 0.25) is 5.91 Å². The van der Waals surface area contributed by atoms with E-state index < -0.39 is 0 Å². The van der Waals surface area contributed by atoms with E-state index in [9.17, 15) is 4.79 Å². The summed E-state index contributed by atoms with van der Waals surface area (Å²) < 4.78 is 0. The normalized spacial score (nSPS) is 21.9. The summed E-state index contributed by atoms with van der Waals surface area (Å²) in [7, 11) is 1.73. The summed E-state index contributed by atoms with van der Waals surface area (Å²) in [6.07, 6.45) is 9.82. The van der Waals surface area contributed by atoms with Gasteiger partial charge >= 0.3 is 0 Å². The Morgan fingerprint density at radius 1 is 1.40 bits per heavy atom. The highest BCUT2D eigenvalue weighted by Crippen LogP contribution is 2.25. The molecule has 0 bridgehead atoms. The van der Waals surface area contributed by atoms with E-state index in [2.05, 4.69) is 15.6 Å². The van der Waals surface area contributed by atoms with E-state index in [4.69, 9.17) is 0 Å². The number of carbonyl (C=O) groups is 1. The molecule has 1 unspecified atom stereocenters. The number of hydrogen-bond acceptors (Lipinski definition) is 3. The number of nitrogens with one attached hydrogen (secondary N) is 2. The molecule has 0 aliphatic carbocycles. The molecule has 1 aliphatic rings.